The molecule has 108 valence electrons. The summed E-state index contributed by atoms with van der Waals surface area (Å²) in [5.41, 5.74) is 0. The molecule has 0 atom stereocenters. The highest BCUT2D eigenvalue weighted by Gasteiger charge is 2.05. The van der Waals surface area contributed by atoms with Crippen LogP contribution in [0.15, 0.2) is 24.5 Å². The van der Waals surface area contributed by atoms with E-state index >= 15 is 0 Å². The molecule has 0 spiro atoms. The summed E-state index contributed by atoms with van der Waals surface area (Å²) in [4.78, 5) is 9.36. The molecule has 0 unspecified atom stereocenters. The van der Waals surface area contributed by atoms with E-state index in [2.05, 4.69) is 32.6 Å². The molecular formula is C12H10Cl2FI2N3. The number of nitrogens with zero attached hydrogens (tertiary/aromatic N) is 3. The van der Waals surface area contributed by atoms with Crippen molar-refractivity contribution < 1.29 is 4.39 Å². The van der Waals surface area contributed by atoms with E-state index in [1.807, 2.05) is 47.7 Å². The zero-order valence-electron chi connectivity index (χ0n) is 10.5. The molecular weight excluding hydrogens is 530 g/mol. The van der Waals surface area contributed by atoms with Crippen molar-refractivity contribution in [2.24, 2.45) is 0 Å². The third-order valence-electron chi connectivity index (χ3n) is 2.05. The number of halogens is 5. The molecule has 0 N–H and O–H groups in total. The molecule has 2 rings (SSSR count). The van der Waals surface area contributed by atoms with E-state index in [0.29, 0.717) is 3.57 Å². The van der Waals surface area contributed by atoms with E-state index in [4.69, 9.17) is 23.2 Å². The minimum atomic E-state index is -0.608. The molecule has 3 nitrogen and oxygen atoms in total. The number of hydrogen-bond acceptors (Lipinski definition) is 3. The highest BCUT2D eigenvalue weighted by atomic mass is 127. The van der Waals surface area contributed by atoms with E-state index < -0.39 is 5.95 Å². The summed E-state index contributed by atoms with van der Waals surface area (Å²) in [6.45, 7) is 0. The first kappa shape index (κ1) is 18.1. The summed E-state index contributed by atoms with van der Waals surface area (Å²) in [6, 6.07) is 3.53. The lowest BCUT2D eigenvalue weighted by atomic mass is 10.4. The molecule has 0 bridgehead atoms. The molecule has 8 heteroatoms. The molecule has 2 aromatic rings. The van der Waals surface area contributed by atoms with Crippen LogP contribution in [0.2, 0.25) is 10.0 Å². The predicted octanol–water partition coefficient (Wildman–Crippen LogP) is 4.88. The molecule has 0 aliphatic heterocycles. The standard InChI is InChI=1S/C7H8ClIN2.C5H2ClFIN/c1-11(2)7-6(8)5(9)3-4-10-7;6-4-3(8)1-2-9-5(4)7/h3-4H,1-2H3;1-2H. The molecule has 20 heavy (non-hydrogen) atoms. The topological polar surface area (TPSA) is 29.0 Å². The van der Waals surface area contributed by atoms with Crippen molar-refractivity contribution >= 4 is 74.2 Å². The Morgan fingerprint density at radius 2 is 1.50 bits per heavy atom. The first-order chi connectivity index (χ1) is 9.34. The molecule has 0 saturated carbocycles. The average molecular weight is 540 g/mol. The second kappa shape index (κ2) is 8.50. The van der Waals surface area contributed by atoms with Gasteiger partial charge in [-0.25, -0.2) is 9.97 Å². The monoisotopic (exact) mass is 539 g/mol. The highest BCUT2D eigenvalue weighted by molar-refractivity contribution is 14.1. The Kier molecular flexibility index (Phi) is 7.70. The Hall–Kier alpha value is 0.0700. The smallest absolute Gasteiger partial charge is 0.232 e. The lowest BCUT2D eigenvalue weighted by Crippen LogP contribution is -2.11. The van der Waals surface area contributed by atoms with Crippen LogP contribution in [0.1, 0.15) is 0 Å². The molecule has 0 aliphatic carbocycles. The van der Waals surface area contributed by atoms with E-state index in [1.165, 1.54) is 6.20 Å². The second-order valence-electron chi connectivity index (χ2n) is 3.72. The molecule has 0 radical (unpaired) electrons. The van der Waals surface area contributed by atoms with Crippen LogP contribution in [0.4, 0.5) is 10.2 Å². The summed E-state index contributed by atoms with van der Waals surface area (Å²) in [7, 11) is 3.84. The maximum Gasteiger partial charge on any atom is 0.232 e. The van der Waals surface area contributed by atoms with Crippen molar-refractivity contribution in [1.29, 1.82) is 0 Å². The van der Waals surface area contributed by atoms with Gasteiger partial charge in [0.15, 0.2) is 0 Å². The van der Waals surface area contributed by atoms with Gasteiger partial charge in [0.1, 0.15) is 10.8 Å². The van der Waals surface area contributed by atoms with Crippen molar-refractivity contribution in [3.8, 4) is 0 Å². The van der Waals surface area contributed by atoms with Crippen molar-refractivity contribution in [1.82, 2.24) is 9.97 Å². The van der Waals surface area contributed by atoms with Gasteiger partial charge in [0.05, 0.1) is 5.02 Å². The Bertz CT molecular complexity index is 577. The lowest BCUT2D eigenvalue weighted by molar-refractivity contribution is 0.583. The quantitative estimate of drug-likeness (QED) is 0.382. The van der Waals surface area contributed by atoms with Gasteiger partial charge in [-0.05, 0) is 57.3 Å². The lowest BCUT2D eigenvalue weighted by Gasteiger charge is -2.12. The average Bonchev–Trinajstić information content (AvgIpc) is 2.39. The summed E-state index contributed by atoms with van der Waals surface area (Å²) in [6.07, 6.45) is 3.13. The van der Waals surface area contributed by atoms with Crippen LogP contribution in [0.25, 0.3) is 0 Å². The Balaban J connectivity index is 0.000000204. The van der Waals surface area contributed by atoms with Crippen molar-refractivity contribution in [2.45, 2.75) is 0 Å². The highest BCUT2D eigenvalue weighted by Crippen LogP contribution is 2.26. The van der Waals surface area contributed by atoms with E-state index in [-0.39, 0.29) is 5.02 Å². The van der Waals surface area contributed by atoms with Gasteiger partial charge in [0.2, 0.25) is 5.95 Å². The molecule has 2 heterocycles. The minimum Gasteiger partial charge on any atom is -0.361 e. The maximum atomic E-state index is 12.3. The number of aromatic nitrogens is 2. The van der Waals surface area contributed by atoms with Crippen LogP contribution in [-0.2, 0) is 0 Å². The number of hydrogen-bond donors (Lipinski definition) is 0. The van der Waals surface area contributed by atoms with Gasteiger partial charge < -0.3 is 4.90 Å². The van der Waals surface area contributed by atoms with Gasteiger partial charge in [-0.15, -0.1) is 0 Å². The number of anilines is 1. The van der Waals surface area contributed by atoms with Crippen LogP contribution in [0.5, 0.6) is 0 Å². The second-order valence-corrected chi connectivity index (χ2v) is 6.80. The van der Waals surface area contributed by atoms with E-state index in [0.717, 1.165) is 14.4 Å². The first-order valence-electron chi connectivity index (χ1n) is 5.27. The molecule has 0 aromatic carbocycles. The Morgan fingerprint density at radius 1 is 1.00 bits per heavy atom. The maximum absolute atomic E-state index is 12.3. The fourth-order valence-corrected chi connectivity index (χ4v) is 2.30. The largest absolute Gasteiger partial charge is 0.361 e. The minimum absolute atomic E-state index is 0.0955. The summed E-state index contributed by atoms with van der Waals surface area (Å²) >= 11 is 15.5. The van der Waals surface area contributed by atoms with Gasteiger partial charge in [0, 0.05) is 33.6 Å². The first-order valence-corrected chi connectivity index (χ1v) is 8.18. The fourth-order valence-electron chi connectivity index (χ4n) is 1.12. The van der Waals surface area contributed by atoms with Crippen LogP contribution in [0, 0.1) is 13.1 Å². The Morgan fingerprint density at radius 3 is 1.90 bits per heavy atom. The fraction of sp³-hybridized carbons (Fsp3) is 0.167. The molecule has 2 aromatic heterocycles. The summed E-state index contributed by atoms with van der Waals surface area (Å²) in [5, 5.41) is 0.816. The molecule has 0 amide bonds. The van der Waals surface area contributed by atoms with Crippen LogP contribution >= 0.6 is 68.4 Å². The van der Waals surface area contributed by atoms with Gasteiger partial charge >= 0.3 is 0 Å². The van der Waals surface area contributed by atoms with Crippen LogP contribution in [-0.4, -0.2) is 24.1 Å². The third-order valence-corrected chi connectivity index (χ3v) is 5.21. The normalized spacial score (nSPS) is 9.75. The van der Waals surface area contributed by atoms with Crippen LogP contribution in [0.3, 0.4) is 0 Å². The van der Waals surface area contributed by atoms with E-state index in [1.54, 1.807) is 12.3 Å². The van der Waals surface area contributed by atoms with Gasteiger partial charge in [-0.2, -0.15) is 4.39 Å². The van der Waals surface area contributed by atoms with Crippen molar-refractivity contribution in [3.05, 3.63) is 47.7 Å². The van der Waals surface area contributed by atoms with E-state index in [9.17, 15) is 4.39 Å². The van der Waals surface area contributed by atoms with Gasteiger partial charge in [0.25, 0.3) is 0 Å². The summed E-state index contributed by atoms with van der Waals surface area (Å²) in [5.74, 6) is 0.210. The molecule has 0 aliphatic rings. The molecule has 0 fully saturated rings. The van der Waals surface area contributed by atoms with Crippen LogP contribution < -0.4 is 4.90 Å². The third kappa shape index (κ3) is 5.12. The SMILES string of the molecule is CN(C)c1nccc(I)c1Cl.Fc1nccc(I)c1Cl. The zero-order chi connectivity index (χ0) is 15.3. The zero-order valence-corrected chi connectivity index (χ0v) is 16.4. The molecule has 0 saturated heterocycles. The van der Waals surface area contributed by atoms with Crippen molar-refractivity contribution in [2.75, 3.05) is 19.0 Å². The summed E-state index contributed by atoms with van der Waals surface area (Å²) < 4.78 is 14.0. The predicted molar refractivity (Wildman–Crippen MR) is 98.2 cm³/mol. The number of pyridine rings is 2. The van der Waals surface area contributed by atoms with Crippen molar-refractivity contribution in [3.63, 3.8) is 0 Å². The van der Waals surface area contributed by atoms with Gasteiger partial charge in [-0.3, -0.25) is 0 Å². The number of rotatable bonds is 1. The van der Waals surface area contributed by atoms with Gasteiger partial charge in [-0.1, -0.05) is 23.2 Å². The Labute approximate surface area is 154 Å².